The van der Waals surface area contributed by atoms with E-state index in [1.165, 1.54) is 12.1 Å². The standard InChI is InChI=1S/C25H24N2O2.C7H8O3S.H2O/c28-25(22-8-3-6-19-5-1-2-7-20(19)22)23-9-4-10-24-21(23)11-12-27(24)14-13-26-15-17-29-18-16-26;1-6-2-4-7(5-3-6)11(8,9)10;/h1-12H,13-18H2;2-5H,1H3,(H,8,9,10);1H2. The highest BCUT2D eigenvalue weighted by Crippen LogP contribution is 2.26. The molecule has 1 aliphatic rings. The number of aromatic nitrogens is 1. The molecule has 2 heterocycles. The van der Waals surface area contributed by atoms with Crippen molar-refractivity contribution in [2.45, 2.75) is 18.4 Å². The Hall–Kier alpha value is -3.86. The van der Waals surface area contributed by atoms with Crippen molar-refractivity contribution in [3.05, 3.63) is 114 Å². The van der Waals surface area contributed by atoms with Gasteiger partial charge in [-0.2, -0.15) is 8.42 Å². The summed E-state index contributed by atoms with van der Waals surface area (Å²) in [6, 6.07) is 28.1. The largest absolute Gasteiger partial charge is 0.412 e. The van der Waals surface area contributed by atoms with E-state index in [1.807, 2.05) is 49.4 Å². The summed E-state index contributed by atoms with van der Waals surface area (Å²) >= 11 is 0. The molecule has 6 rings (SSSR count). The second-order valence-corrected chi connectivity index (χ2v) is 11.3. The van der Waals surface area contributed by atoms with E-state index in [1.54, 1.807) is 12.1 Å². The van der Waals surface area contributed by atoms with Crippen LogP contribution >= 0.6 is 0 Å². The number of hydrogen-bond acceptors (Lipinski definition) is 5. The van der Waals surface area contributed by atoms with E-state index in [0.29, 0.717) is 0 Å². The van der Waals surface area contributed by atoms with Crippen LogP contribution in [0.25, 0.3) is 21.7 Å². The fourth-order valence-corrected chi connectivity index (χ4v) is 5.45. The molecule has 0 aliphatic carbocycles. The van der Waals surface area contributed by atoms with Crippen molar-refractivity contribution in [3.8, 4) is 0 Å². The molecule has 5 aromatic rings. The minimum absolute atomic E-state index is 0. The van der Waals surface area contributed by atoms with Gasteiger partial charge in [-0.3, -0.25) is 14.2 Å². The minimum atomic E-state index is -4.02. The molecule has 4 aromatic carbocycles. The molecule has 1 aliphatic heterocycles. The molecule has 8 nitrogen and oxygen atoms in total. The maximum absolute atomic E-state index is 13.5. The molecular weight excluding hydrogens is 540 g/mol. The highest BCUT2D eigenvalue weighted by atomic mass is 32.2. The fourth-order valence-electron chi connectivity index (χ4n) is 4.97. The molecule has 3 N–H and O–H groups in total. The van der Waals surface area contributed by atoms with Crippen molar-refractivity contribution in [2.24, 2.45) is 0 Å². The number of carbonyl (C=O) groups is 1. The summed E-state index contributed by atoms with van der Waals surface area (Å²) in [5, 5.41) is 3.12. The monoisotopic (exact) mass is 574 g/mol. The third-order valence-corrected chi connectivity index (χ3v) is 8.04. The predicted octanol–water partition coefficient (Wildman–Crippen LogP) is 4.77. The van der Waals surface area contributed by atoms with Crippen LogP contribution in [0.3, 0.4) is 0 Å². The van der Waals surface area contributed by atoms with Crippen LogP contribution in [0.4, 0.5) is 0 Å². The minimum Gasteiger partial charge on any atom is -0.412 e. The third kappa shape index (κ3) is 7.08. The number of ketones is 1. The van der Waals surface area contributed by atoms with Crippen molar-refractivity contribution >= 4 is 37.6 Å². The zero-order chi connectivity index (χ0) is 28.1. The highest BCUT2D eigenvalue weighted by molar-refractivity contribution is 7.85. The molecular formula is C32H34N2O6S. The molecule has 1 saturated heterocycles. The number of morpholine rings is 1. The van der Waals surface area contributed by atoms with Crippen LogP contribution in [0.5, 0.6) is 0 Å². The Kier molecular flexibility index (Phi) is 9.69. The zero-order valence-corrected chi connectivity index (χ0v) is 23.7. The number of hydrogen-bond donors (Lipinski definition) is 1. The number of benzene rings is 4. The van der Waals surface area contributed by atoms with Gasteiger partial charge in [0.15, 0.2) is 5.78 Å². The van der Waals surface area contributed by atoms with Gasteiger partial charge in [-0.25, -0.2) is 0 Å². The van der Waals surface area contributed by atoms with E-state index in [-0.39, 0.29) is 16.2 Å². The maximum Gasteiger partial charge on any atom is 0.294 e. The van der Waals surface area contributed by atoms with Crippen LogP contribution in [-0.4, -0.2) is 66.5 Å². The van der Waals surface area contributed by atoms with Gasteiger partial charge in [0.25, 0.3) is 10.1 Å². The molecule has 0 atom stereocenters. The molecule has 41 heavy (non-hydrogen) atoms. The predicted molar refractivity (Wildman–Crippen MR) is 161 cm³/mol. The number of fused-ring (bicyclic) bond motifs is 2. The highest BCUT2D eigenvalue weighted by Gasteiger charge is 2.17. The molecule has 0 radical (unpaired) electrons. The molecule has 0 unspecified atom stereocenters. The van der Waals surface area contributed by atoms with Crippen LogP contribution < -0.4 is 0 Å². The Morgan fingerprint density at radius 2 is 1.44 bits per heavy atom. The van der Waals surface area contributed by atoms with E-state index in [0.717, 1.165) is 77.8 Å². The SMILES string of the molecule is Cc1ccc(S(=O)(=O)O)cc1.O.O=C(c1cccc2ccccc12)c1cccc2c1ccn2CCN1CCOCC1. The number of rotatable bonds is 6. The summed E-state index contributed by atoms with van der Waals surface area (Å²) < 4.78 is 37.2. The van der Waals surface area contributed by atoms with Crippen LogP contribution in [0, 0.1) is 6.92 Å². The van der Waals surface area contributed by atoms with Crippen LogP contribution in [0.1, 0.15) is 21.5 Å². The molecule has 0 amide bonds. The normalized spacial score (nSPS) is 13.8. The van der Waals surface area contributed by atoms with E-state index in [9.17, 15) is 13.2 Å². The summed E-state index contributed by atoms with van der Waals surface area (Å²) in [6.45, 7) is 7.36. The lowest BCUT2D eigenvalue weighted by molar-refractivity contribution is 0.0365. The summed E-state index contributed by atoms with van der Waals surface area (Å²) in [5.41, 5.74) is 3.60. The van der Waals surface area contributed by atoms with Crippen LogP contribution in [0.2, 0.25) is 0 Å². The fraction of sp³-hybridized carbons (Fsp3) is 0.219. The van der Waals surface area contributed by atoms with Crippen molar-refractivity contribution in [1.82, 2.24) is 9.47 Å². The Bertz CT molecular complexity index is 1730. The quantitative estimate of drug-likeness (QED) is 0.230. The van der Waals surface area contributed by atoms with E-state index >= 15 is 0 Å². The Morgan fingerprint density at radius 3 is 2.15 bits per heavy atom. The number of nitrogens with zero attached hydrogens (tertiary/aromatic N) is 2. The summed E-state index contributed by atoms with van der Waals surface area (Å²) in [4.78, 5) is 15.8. The second kappa shape index (κ2) is 13.2. The van der Waals surface area contributed by atoms with Gasteiger partial charge in [0.2, 0.25) is 0 Å². The Balaban J connectivity index is 0.000000274. The smallest absolute Gasteiger partial charge is 0.294 e. The molecule has 9 heteroatoms. The van der Waals surface area contributed by atoms with Crippen molar-refractivity contribution in [2.75, 3.05) is 32.8 Å². The zero-order valence-electron chi connectivity index (χ0n) is 22.9. The van der Waals surface area contributed by atoms with E-state index < -0.39 is 10.1 Å². The summed E-state index contributed by atoms with van der Waals surface area (Å²) in [7, 11) is -4.02. The first kappa shape index (κ1) is 30.1. The van der Waals surface area contributed by atoms with Crippen LogP contribution in [-0.2, 0) is 21.4 Å². The topological polar surface area (TPSA) is 120 Å². The van der Waals surface area contributed by atoms with Gasteiger partial charge >= 0.3 is 0 Å². The molecule has 1 fully saturated rings. The lowest BCUT2D eigenvalue weighted by Gasteiger charge is -2.26. The third-order valence-electron chi connectivity index (χ3n) is 7.17. The lowest BCUT2D eigenvalue weighted by Crippen LogP contribution is -2.38. The number of aryl methyl sites for hydroxylation is 1. The second-order valence-electron chi connectivity index (χ2n) is 9.85. The van der Waals surface area contributed by atoms with Gasteiger partial charge in [-0.05, 0) is 42.0 Å². The first-order valence-corrected chi connectivity index (χ1v) is 14.7. The molecule has 214 valence electrons. The van der Waals surface area contributed by atoms with Crippen molar-refractivity contribution in [1.29, 1.82) is 0 Å². The summed E-state index contributed by atoms with van der Waals surface area (Å²) in [6.07, 6.45) is 2.10. The van der Waals surface area contributed by atoms with Gasteiger partial charge in [0.05, 0.1) is 18.1 Å². The molecule has 0 saturated carbocycles. The van der Waals surface area contributed by atoms with E-state index in [2.05, 4.69) is 39.9 Å². The average Bonchev–Trinajstić information content (AvgIpc) is 3.39. The van der Waals surface area contributed by atoms with Gasteiger partial charge in [0.1, 0.15) is 0 Å². The van der Waals surface area contributed by atoms with Crippen molar-refractivity contribution < 1.29 is 28.0 Å². The first-order chi connectivity index (χ1) is 19.3. The lowest BCUT2D eigenvalue weighted by atomic mass is 9.95. The van der Waals surface area contributed by atoms with Gasteiger partial charge in [0, 0.05) is 54.4 Å². The Morgan fingerprint density at radius 1 is 0.805 bits per heavy atom. The Labute approximate surface area is 239 Å². The van der Waals surface area contributed by atoms with Crippen LogP contribution in [0.15, 0.2) is 102 Å². The average molecular weight is 575 g/mol. The van der Waals surface area contributed by atoms with Gasteiger partial charge in [-0.15, -0.1) is 0 Å². The number of carbonyl (C=O) groups excluding carboxylic acids is 1. The number of ether oxygens (including phenoxy) is 1. The summed E-state index contributed by atoms with van der Waals surface area (Å²) in [5.74, 6) is 0.0818. The molecule has 0 spiro atoms. The van der Waals surface area contributed by atoms with Crippen molar-refractivity contribution in [3.63, 3.8) is 0 Å². The van der Waals surface area contributed by atoms with Gasteiger partial charge < -0.3 is 14.8 Å². The van der Waals surface area contributed by atoms with E-state index in [4.69, 9.17) is 9.29 Å². The molecule has 0 bridgehead atoms. The first-order valence-electron chi connectivity index (χ1n) is 13.3. The molecule has 1 aromatic heterocycles. The maximum atomic E-state index is 13.5. The van der Waals surface area contributed by atoms with Gasteiger partial charge in [-0.1, -0.05) is 72.3 Å².